The predicted octanol–water partition coefficient (Wildman–Crippen LogP) is 0.509. The number of halogens is 1. The molecular weight excluding hydrogens is 323 g/mol. The molecule has 0 spiro atoms. The number of benzene rings is 1. The van der Waals surface area contributed by atoms with Gasteiger partial charge >= 0.3 is 0 Å². The minimum absolute atomic E-state index is 0.0775. The molecule has 2 amide bonds. The summed E-state index contributed by atoms with van der Waals surface area (Å²) in [6, 6.07) is 3.30. The van der Waals surface area contributed by atoms with Crippen molar-refractivity contribution in [1.82, 2.24) is 10.2 Å². The summed E-state index contributed by atoms with van der Waals surface area (Å²) in [6.45, 7) is 3.45. The number of carbonyl (C=O) groups is 2. The zero-order chi connectivity index (χ0) is 17.2. The maximum Gasteiger partial charge on any atom is 0.254 e. The lowest BCUT2D eigenvalue weighted by Crippen LogP contribution is -2.51. The third-order valence-corrected chi connectivity index (χ3v) is 5.35. The highest BCUT2D eigenvalue weighted by Crippen LogP contribution is 2.11. The Bertz CT molecular complexity index is 719. The fourth-order valence-electron chi connectivity index (χ4n) is 2.36. The van der Waals surface area contributed by atoms with E-state index in [0.717, 1.165) is 5.56 Å². The van der Waals surface area contributed by atoms with Crippen LogP contribution in [0.25, 0.3) is 0 Å². The first-order valence-corrected chi connectivity index (χ1v) is 9.08. The van der Waals surface area contributed by atoms with Gasteiger partial charge in [-0.25, -0.2) is 12.8 Å². The topological polar surface area (TPSA) is 83.6 Å². The molecule has 1 unspecified atom stereocenters. The third kappa shape index (κ3) is 4.28. The monoisotopic (exact) mass is 342 g/mol. The van der Waals surface area contributed by atoms with Crippen molar-refractivity contribution in [2.75, 3.05) is 24.6 Å². The SMILES string of the molecule is Cc1ccc(F)c(C(=O)NC(C)C(=O)N2CCS(=O)(=O)CC2)c1. The van der Waals surface area contributed by atoms with E-state index in [1.165, 1.54) is 24.0 Å². The summed E-state index contributed by atoms with van der Waals surface area (Å²) < 4.78 is 36.4. The number of hydrogen-bond donors (Lipinski definition) is 1. The molecule has 1 aromatic rings. The van der Waals surface area contributed by atoms with Gasteiger partial charge in [-0.05, 0) is 26.0 Å². The number of carbonyl (C=O) groups excluding carboxylic acids is 2. The summed E-state index contributed by atoms with van der Waals surface area (Å²) in [5.74, 6) is -1.85. The molecule has 1 aliphatic rings. The highest BCUT2D eigenvalue weighted by atomic mass is 32.2. The van der Waals surface area contributed by atoms with Crippen LogP contribution in [0.5, 0.6) is 0 Å². The fourth-order valence-corrected chi connectivity index (χ4v) is 3.56. The smallest absolute Gasteiger partial charge is 0.254 e. The van der Waals surface area contributed by atoms with Gasteiger partial charge in [0.2, 0.25) is 5.91 Å². The molecular formula is C15H19FN2O4S. The summed E-state index contributed by atoms with van der Waals surface area (Å²) >= 11 is 0. The number of amides is 2. The van der Waals surface area contributed by atoms with E-state index in [4.69, 9.17) is 0 Å². The molecule has 1 fully saturated rings. The Labute approximate surface area is 134 Å². The molecule has 1 N–H and O–H groups in total. The molecule has 2 rings (SSSR count). The molecule has 1 aromatic carbocycles. The highest BCUT2D eigenvalue weighted by Gasteiger charge is 2.29. The second-order valence-electron chi connectivity index (χ2n) is 5.66. The normalized spacial score (nSPS) is 18.3. The first-order chi connectivity index (χ1) is 10.7. The van der Waals surface area contributed by atoms with Gasteiger partial charge in [-0.2, -0.15) is 0 Å². The van der Waals surface area contributed by atoms with Crippen LogP contribution in [0, 0.1) is 12.7 Å². The number of sulfone groups is 1. The largest absolute Gasteiger partial charge is 0.340 e. The van der Waals surface area contributed by atoms with Crippen molar-refractivity contribution in [3.63, 3.8) is 0 Å². The lowest BCUT2D eigenvalue weighted by molar-refractivity contribution is -0.132. The molecule has 0 aliphatic carbocycles. The maximum atomic E-state index is 13.7. The van der Waals surface area contributed by atoms with E-state index in [9.17, 15) is 22.4 Å². The number of rotatable bonds is 3. The zero-order valence-corrected chi connectivity index (χ0v) is 13.8. The van der Waals surface area contributed by atoms with E-state index in [2.05, 4.69) is 5.32 Å². The lowest BCUT2D eigenvalue weighted by Gasteiger charge is -2.29. The van der Waals surface area contributed by atoms with Gasteiger partial charge in [0.05, 0.1) is 17.1 Å². The molecule has 8 heteroatoms. The Morgan fingerprint density at radius 2 is 1.87 bits per heavy atom. The Kier molecular flexibility index (Phi) is 5.03. The van der Waals surface area contributed by atoms with Gasteiger partial charge < -0.3 is 10.2 Å². The second-order valence-corrected chi connectivity index (χ2v) is 7.96. The Hall–Kier alpha value is -1.96. The predicted molar refractivity (Wildman–Crippen MR) is 83.3 cm³/mol. The molecule has 1 aliphatic heterocycles. The fraction of sp³-hybridized carbons (Fsp3) is 0.467. The average molecular weight is 342 g/mol. The molecule has 0 saturated carbocycles. The van der Waals surface area contributed by atoms with Crippen molar-refractivity contribution in [2.24, 2.45) is 0 Å². The molecule has 126 valence electrons. The van der Waals surface area contributed by atoms with Gasteiger partial charge in [0.25, 0.3) is 5.91 Å². The molecule has 23 heavy (non-hydrogen) atoms. The van der Waals surface area contributed by atoms with Gasteiger partial charge in [-0.15, -0.1) is 0 Å². The summed E-state index contributed by atoms with van der Waals surface area (Å²) in [6.07, 6.45) is 0. The molecule has 0 bridgehead atoms. The van der Waals surface area contributed by atoms with Gasteiger partial charge in [-0.3, -0.25) is 9.59 Å². The van der Waals surface area contributed by atoms with Gasteiger partial charge in [0.15, 0.2) is 9.84 Å². The Morgan fingerprint density at radius 1 is 1.26 bits per heavy atom. The van der Waals surface area contributed by atoms with Crippen LogP contribution >= 0.6 is 0 Å². The van der Waals surface area contributed by atoms with Crippen LogP contribution in [0.3, 0.4) is 0 Å². The number of nitrogens with zero attached hydrogens (tertiary/aromatic N) is 1. The van der Waals surface area contributed by atoms with Crippen molar-refractivity contribution in [3.8, 4) is 0 Å². The number of hydrogen-bond acceptors (Lipinski definition) is 4. The van der Waals surface area contributed by atoms with E-state index < -0.39 is 27.6 Å². The van der Waals surface area contributed by atoms with E-state index in [0.29, 0.717) is 0 Å². The van der Waals surface area contributed by atoms with E-state index in [1.54, 1.807) is 13.0 Å². The maximum absolute atomic E-state index is 13.7. The quantitative estimate of drug-likeness (QED) is 0.867. The lowest BCUT2D eigenvalue weighted by atomic mass is 10.1. The van der Waals surface area contributed by atoms with Crippen molar-refractivity contribution >= 4 is 21.7 Å². The Morgan fingerprint density at radius 3 is 2.48 bits per heavy atom. The second kappa shape index (κ2) is 6.66. The summed E-state index contributed by atoms with van der Waals surface area (Å²) in [4.78, 5) is 25.8. The first kappa shape index (κ1) is 17.4. The number of aryl methyl sites for hydroxylation is 1. The minimum atomic E-state index is -3.08. The molecule has 0 aromatic heterocycles. The standard InChI is InChI=1S/C15H19FN2O4S/c1-10-3-4-13(16)12(9-10)14(19)17-11(2)15(20)18-5-7-23(21,22)8-6-18/h3-4,9,11H,5-8H2,1-2H3,(H,17,19). The van der Waals surface area contributed by atoms with E-state index in [1.807, 2.05) is 0 Å². The first-order valence-electron chi connectivity index (χ1n) is 7.26. The summed E-state index contributed by atoms with van der Waals surface area (Å²) in [5.41, 5.74) is 0.614. The highest BCUT2D eigenvalue weighted by molar-refractivity contribution is 7.91. The van der Waals surface area contributed by atoms with Gasteiger partial charge in [0.1, 0.15) is 11.9 Å². The molecule has 1 atom stereocenters. The Balaban J connectivity index is 2.01. The summed E-state index contributed by atoms with van der Waals surface area (Å²) in [7, 11) is -3.08. The minimum Gasteiger partial charge on any atom is -0.340 e. The van der Waals surface area contributed by atoms with Crippen LogP contribution in [0.4, 0.5) is 4.39 Å². The number of nitrogens with one attached hydrogen (secondary N) is 1. The van der Waals surface area contributed by atoms with Crippen LogP contribution in [0.15, 0.2) is 18.2 Å². The van der Waals surface area contributed by atoms with Crippen molar-refractivity contribution in [2.45, 2.75) is 19.9 Å². The van der Waals surface area contributed by atoms with Crippen LogP contribution in [0.2, 0.25) is 0 Å². The molecule has 0 radical (unpaired) electrons. The van der Waals surface area contributed by atoms with Gasteiger partial charge in [0, 0.05) is 13.1 Å². The molecule has 1 heterocycles. The van der Waals surface area contributed by atoms with Crippen molar-refractivity contribution in [1.29, 1.82) is 0 Å². The van der Waals surface area contributed by atoms with Crippen molar-refractivity contribution in [3.05, 3.63) is 35.1 Å². The third-order valence-electron chi connectivity index (χ3n) is 3.74. The van der Waals surface area contributed by atoms with Crippen LogP contribution < -0.4 is 5.32 Å². The van der Waals surface area contributed by atoms with Gasteiger partial charge in [-0.1, -0.05) is 11.6 Å². The van der Waals surface area contributed by atoms with Crippen molar-refractivity contribution < 1.29 is 22.4 Å². The molecule has 6 nitrogen and oxygen atoms in total. The average Bonchev–Trinajstić information content (AvgIpc) is 2.48. The zero-order valence-electron chi connectivity index (χ0n) is 13.0. The van der Waals surface area contributed by atoms with Crippen LogP contribution in [0.1, 0.15) is 22.8 Å². The van der Waals surface area contributed by atoms with E-state index in [-0.39, 0.29) is 36.1 Å². The van der Waals surface area contributed by atoms with E-state index >= 15 is 0 Å². The summed E-state index contributed by atoms with van der Waals surface area (Å²) in [5, 5.41) is 2.46. The van der Waals surface area contributed by atoms with Crippen LogP contribution in [-0.4, -0.2) is 55.8 Å². The van der Waals surface area contributed by atoms with Crippen LogP contribution in [-0.2, 0) is 14.6 Å². The molecule has 1 saturated heterocycles.